The number of hydrogen-bond acceptors (Lipinski definition) is 3. The number of nitrogens with one attached hydrogen (secondary N) is 1. The molecule has 1 heterocycles. The van der Waals surface area contributed by atoms with E-state index in [4.69, 9.17) is 0 Å². The van der Waals surface area contributed by atoms with Crippen molar-refractivity contribution in [2.24, 2.45) is 0 Å². The third kappa shape index (κ3) is 5.97. The quantitative estimate of drug-likeness (QED) is 0.843. The molecule has 0 aliphatic carbocycles. The highest BCUT2D eigenvalue weighted by molar-refractivity contribution is 9.10. The standard InChI is InChI=1S/C10H10BrF3N2O2/c11-7-1-2-8(16-5-7)9(17)15-3-4-18-6-10(12,13)14/h1-2,5H,3-4,6H2,(H,15,17). The van der Waals surface area contributed by atoms with Crippen molar-refractivity contribution in [1.29, 1.82) is 0 Å². The zero-order chi connectivity index (χ0) is 13.6. The third-order valence-electron chi connectivity index (χ3n) is 1.76. The summed E-state index contributed by atoms with van der Waals surface area (Å²) in [5.74, 6) is -0.460. The molecule has 1 aromatic rings. The van der Waals surface area contributed by atoms with Crippen molar-refractivity contribution >= 4 is 21.8 Å². The summed E-state index contributed by atoms with van der Waals surface area (Å²) in [6.45, 7) is -1.53. The summed E-state index contributed by atoms with van der Waals surface area (Å²) < 4.78 is 40.2. The van der Waals surface area contributed by atoms with Crippen molar-refractivity contribution in [3.8, 4) is 0 Å². The molecule has 0 aliphatic rings. The predicted octanol–water partition coefficient (Wildman–Crippen LogP) is 2.15. The maximum absolute atomic E-state index is 11.7. The highest BCUT2D eigenvalue weighted by Crippen LogP contribution is 2.14. The maximum atomic E-state index is 11.7. The molecule has 8 heteroatoms. The molecule has 0 fully saturated rings. The Labute approximate surface area is 110 Å². The lowest BCUT2D eigenvalue weighted by molar-refractivity contribution is -0.173. The van der Waals surface area contributed by atoms with Gasteiger partial charge in [0.05, 0.1) is 6.61 Å². The minimum atomic E-state index is -4.35. The van der Waals surface area contributed by atoms with E-state index in [9.17, 15) is 18.0 Å². The van der Waals surface area contributed by atoms with Gasteiger partial charge in [-0.05, 0) is 28.1 Å². The van der Waals surface area contributed by atoms with E-state index in [1.807, 2.05) is 0 Å². The van der Waals surface area contributed by atoms with Crippen molar-refractivity contribution in [2.45, 2.75) is 6.18 Å². The van der Waals surface area contributed by atoms with E-state index in [1.54, 1.807) is 6.07 Å². The van der Waals surface area contributed by atoms with E-state index in [2.05, 4.69) is 31.0 Å². The first kappa shape index (κ1) is 14.9. The topological polar surface area (TPSA) is 51.2 Å². The Kier molecular flexibility index (Phi) is 5.54. The van der Waals surface area contributed by atoms with Gasteiger partial charge in [0, 0.05) is 17.2 Å². The number of rotatable bonds is 5. The molecule has 100 valence electrons. The summed E-state index contributed by atoms with van der Waals surface area (Å²) in [7, 11) is 0. The second kappa shape index (κ2) is 6.69. The molecular formula is C10H10BrF3N2O2. The molecule has 1 rings (SSSR count). The number of carbonyl (C=O) groups is 1. The van der Waals surface area contributed by atoms with Gasteiger partial charge >= 0.3 is 6.18 Å². The number of pyridine rings is 1. The van der Waals surface area contributed by atoms with Crippen LogP contribution in [0.3, 0.4) is 0 Å². The molecule has 0 saturated heterocycles. The van der Waals surface area contributed by atoms with Crippen LogP contribution in [0.25, 0.3) is 0 Å². The van der Waals surface area contributed by atoms with Gasteiger partial charge in [0.15, 0.2) is 0 Å². The molecule has 0 saturated carbocycles. The largest absolute Gasteiger partial charge is 0.411 e. The summed E-state index contributed by atoms with van der Waals surface area (Å²) in [6, 6.07) is 3.14. The highest BCUT2D eigenvalue weighted by Gasteiger charge is 2.27. The summed E-state index contributed by atoms with van der Waals surface area (Å²) >= 11 is 3.17. The van der Waals surface area contributed by atoms with Gasteiger partial charge in [-0.1, -0.05) is 0 Å². The van der Waals surface area contributed by atoms with E-state index < -0.39 is 18.7 Å². The maximum Gasteiger partial charge on any atom is 0.411 e. The highest BCUT2D eigenvalue weighted by atomic mass is 79.9. The first-order valence-corrected chi connectivity index (χ1v) is 5.72. The van der Waals surface area contributed by atoms with E-state index in [0.717, 1.165) is 4.47 Å². The summed E-state index contributed by atoms with van der Waals surface area (Å²) in [4.78, 5) is 15.3. The summed E-state index contributed by atoms with van der Waals surface area (Å²) in [6.07, 6.45) is -2.90. The Morgan fingerprint density at radius 3 is 2.72 bits per heavy atom. The lowest BCUT2D eigenvalue weighted by atomic mass is 10.3. The number of carbonyl (C=O) groups excluding carboxylic acids is 1. The van der Waals surface area contributed by atoms with E-state index in [1.165, 1.54) is 12.3 Å². The molecule has 0 bridgehead atoms. The van der Waals surface area contributed by atoms with Crippen molar-refractivity contribution in [3.05, 3.63) is 28.5 Å². The van der Waals surface area contributed by atoms with Gasteiger partial charge in [0.1, 0.15) is 12.3 Å². The average Bonchev–Trinajstić information content (AvgIpc) is 2.27. The van der Waals surface area contributed by atoms with Crippen molar-refractivity contribution in [2.75, 3.05) is 19.8 Å². The van der Waals surface area contributed by atoms with E-state index in [-0.39, 0.29) is 18.8 Å². The first-order valence-electron chi connectivity index (χ1n) is 4.93. The number of halogens is 4. The van der Waals surface area contributed by atoms with Gasteiger partial charge in [0.2, 0.25) is 0 Å². The Bertz CT molecular complexity index is 395. The SMILES string of the molecule is O=C(NCCOCC(F)(F)F)c1ccc(Br)cn1. The van der Waals surface area contributed by atoms with Crippen molar-refractivity contribution < 1.29 is 22.7 Å². The fraction of sp³-hybridized carbons (Fsp3) is 0.400. The van der Waals surface area contributed by atoms with Gasteiger partial charge in [-0.25, -0.2) is 4.98 Å². The zero-order valence-electron chi connectivity index (χ0n) is 9.13. The number of hydrogen-bond donors (Lipinski definition) is 1. The minimum Gasteiger partial charge on any atom is -0.370 e. The van der Waals surface area contributed by atoms with Crippen LogP contribution >= 0.6 is 15.9 Å². The fourth-order valence-corrected chi connectivity index (χ4v) is 1.26. The monoisotopic (exact) mass is 326 g/mol. The van der Waals surface area contributed by atoms with Crippen LogP contribution in [-0.4, -0.2) is 36.8 Å². The summed E-state index contributed by atoms with van der Waals surface area (Å²) in [5, 5.41) is 2.40. The van der Waals surface area contributed by atoms with E-state index in [0.29, 0.717) is 0 Å². The van der Waals surface area contributed by atoms with Crippen LogP contribution in [0.2, 0.25) is 0 Å². The van der Waals surface area contributed by atoms with Gasteiger partial charge in [-0.3, -0.25) is 4.79 Å². The van der Waals surface area contributed by atoms with Gasteiger partial charge < -0.3 is 10.1 Å². The lowest BCUT2D eigenvalue weighted by Crippen LogP contribution is -2.29. The normalized spacial score (nSPS) is 11.3. The number of aromatic nitrogens is 1. The van der Waals surface area contributed by atoms with Crippen LogP contribution in [0.5, 0.6) is 0 Å². The molecule has 0 spiro atoms. The number of amides is 1. The molecule has 1 N–H and O–H groups in total. The minimum absolute atomic E-state index is 0.00728. The molecule has 18 heavy (non-hydrogen) atoms. The summed E-state index contributed by atoms with van der Waals surface area (Å²) in [5.41, 5.74) is 0.189. The Morgan fingerprint density at radius 2 is 2.17 bits per heavy atom. The van der Waals surface area contributed by atoms with Crippen molar-refractivity contribution in [3.63, 3.8) is 0 Å². The molecule has 0 atom stereocenters. The fourth-order valence-electron chi connectivity index (χ4n) is 1.03. The van der Waals surface area contributed by atoms with Crippen LogP contribution < -0.4 is 5.32 Å². The molecule has 4 nitrogen and oxygen atoms in total. The first-order chi connectivity index (χ1) is 8.38. The molecule has 0 aromatic carbocycles. The molecule has 0 aliphatic heterocycles. The van der Waals surface area contributed by atoms with Gasteiger partial charge in [-0.15, -0.1) is 0 Å². The molecular weight excluding hydrogens is 317 g/mol. The second-order valence-corrected chi connectivity index (χ2v) is 4.20. The van der Waals surface area contributed by atoms with Gasteiger partial charge in [0.25, 0.3) is 5.91 Å². The lowest BCUT2D eigenvalue weighted by Gasteiger charge is -2.08. The van der Waals surface area contributed by atoms with Crippen LogP contribution in [-0.2, 0) is 4.74 Å². The average molecular weight is 327 g/mol. The third-order valence-corrected chi connectivity index (χ3v) is 2.23. The van der Waals surface area contributed by atoms with Crippen LogP contribution in [0.1, 0.15) is 10.5 Å². The number of alkyl halides is 3. The Morgan fingerprint density at radius 1 is 1.44 bits per heavy atom. The van der Waals surface area contributed by atoms with Crippen LogP contribution in [0, 0.1) is 0 Å². The second-order valence-electron chi connectivity index (χ2n) is 3.29. The predicted molar refractivity (Wildman–Crippen MR) is 61.1 cm³/mol. The molecule has 0 unspecified atom stereocenters. The number of nitrogens with zero attached hydrogens (tertiary/aromatic N) is 1. The molecule has 0 radical (unpaired) electrons. The van der Waals surface area contributed by atoms with Crippen LogP contribution in [0.4, 0.5) is 13.2 Å². The van der Waals surface area contributed by atoms with Crippen molar-refractivity contribution in [1.82, 2.24) is 10.3 Å². The molecule has 1 amide bonds. The number of ether oxygens (including phenoxy) is 1. The molecule has 1 aromatic heterocycles. The zero-order valence-corrected chi connectivity index (χ0v) is 10.7. The Hall–Kier alpha value is -1.15. The Balaban J connectivity index is 2.24. The van der Waals surface area contributed by atoms with E-state index >= 15 is 0 Å². The van der Waals surface area contributed by atoms with Crippen LogP contribution in [0.15, 0.2) is 22.8 Å². The smallest absolute Gasteiger partial charge is 0.370 e. The van der Waals surface area contributed by atoms with Gasteiger partial charge in [-0.2, -0.15) is 13.2 Å².